The van der Waals surface area contributed by atoms with Crippen LogP contribution in [0.5, 0.6) is 5.75 Å². The van der Waals surface area contributed by atoms with Gasteiger partial charge >= 0.3 is 6.03 Å². The lowest BCUT2D eigenvalue weighted by molar-refractivity contribution is -0.131. The van der Waals surface area contributed by atoms with Crippen molar-refractivity contribution in [2.24, 2.45) is 0 Å². The molecule has 1 aromatic carbocycles. The number of carbonyl (C=O) groups is 2. The summed E-state index contributed by atoms with van der Waals surface area (Å²) in [6.45, 7) is 2.71. The van der Waals surface area contributed by atoms with E-state index < -0.39 is 5.54 Å². The van der Waals surface area contributed by atoms with Gasteiger partial charge in [0.2, 0.25) is 0 Å². The van der Waals surface area contributed by atoms with E-state index in [-0.39, 0.29) is 11.9 Å². The number of ether oxygens (including phenoxy) is 1. The third-order valence-electron chi connectivity index (χ3n) is 4.59. The maximum atomic E-state index is 12.5. The second kappa shape index (κ2) is 5.99. The Morgan fingerprint density at radius 1 is 1.27 bits per heavy atom. The number of imide groups is 1. The monoisotopic (exact) mass is 302 g/mol. The first kappa shape index (κ1) is 14.9. The Morgan fingerprint density at radius 2 is 2.05 bits per heavy atom. The summed E-state index contributed by atoms with van der Waals surface area (Å²) >= 11 is 0. The molecule has 1 heterocycles. The van der Waals surface area contributed by atoms with Crippen LogP contribution in [-0.4, -0.2) is 35.5 Å². The van der Waals surface area contributed by atoms with Gasteiger partial charge in [0, 0.05) is 0 Å². The highest BCUT2D eigenvalue weighted by molar-refractivity contribution is 6.07. The van der Waals surface area contributed by atoms with Crippen molar-refractivity contribution in [1.82, 2.24) is 10.2 Å². The zero-order chi connectivity index (χ0) is 15.6. The fourth-order valence-corrected chi connectivity index (χ4v) is 3.31. The maximum Gasteiger partial charge on any atom is 0.325 e. The van der Waals surface area contributed by atoms with E-state index in [0.717, 1.165) is 37.9 Å². The fraction of sp³-hybridized carbons (Fsp3) is 0.529. The molecule has 0 bridgehead atoms. The molecule has 0 radical (unpaired) electrons. The van der Waals surface area contributed by atoms with Crippen molar-refractivity contribution < 1.29 is 14.3 Å². The number of hydrogen-bond donors (Lipinski definition) is 1. The van der Waals surface area contributed by atoms with Crippen LogP contribution in [0.15, 0.2) is 24.3 Å². The molecular weight excluding hydrogens is 280 g/mol. The number of urea groups is 1. The molecule has 1 N–H and O–H groups in total. The molecule has 5 heteroatoms. The Morgan fingerprint density at radius 3 is 2.77 bits per heavy atom. The number of aryl methyl sites for hydroxylation is 1. The molecule has 118 valence electrons. The Kier molecular flexibility index (Phi) is 4.05. The van der Waals surface area contributed by atoms with E-state index in [0.29, 0.717) is 13.2 Å². The van der Waals surface area contributed by atoms with E-state index in [1.54, 1.807) is 0 Å². The van der Waals surface area contributed by atoms with Crippen molar-refractivity contribution in [2.75, 3.05) is 13.2 Å². The number of nitrogens with zero attached hydrogens (tertiary/aromatic N) is 1. The molecule has 1 spiro atoms. The topological polar surface area (TPSA) is 58.6 Å². The molecule has 1 aromatic rings. The number of hydrogen-bond acceptors (Lipinski definition) is 3. The minimum Gasteiger partial charge on any atom is -0.492 e. The standard InChI is InChI=1S/C17H22N2O3/c1-2-13-6-5-7-14(12-13)22-11-10-19-15(20)17(18-16(19)21)8-3-4-9-17/h5-7,12H,2-4,8-11H2,1H3,(H,18,21). The lowest BCUT2D eigenvalue weighted by atomic mass is 9.98. The van der Waals surface area contributed by atoms with E-state index in [2.05, 4.69) is 12.2 Å². The van der Waals surface area contributed by atoms with Gasteiger partial charge < -0.3 is 10.1 Å². The van der Waals surface area contributed by atoms with E-state index in [9.17, 15) is 9.59 Å². The summed E-state index contributed by atoms with van der Waals surface area (Å²) in [6, 6.07) is 7.61. The summed E-state index contributed by atoms with van der Waals surface area (Å²) in [4.78, 5) is 25.8. The number of carbonyl (C=O) groups excluding carboxylic acids is 2. The van der Waals surface area contributed by atoms with Crippen molar-refractivity contribution in [3.8, 4) is 5.75 Å². The van der Waals surface area contributed by atoms with Gasteiger partial charge in [-0.1, -0.05) is 31.9 Å². The van der Waals surface area contributed by atoms with Gasteiger partial charge in [0.25, 0.3) is 5.91 Å². The second-order valence-electron chi connectivity index (χ2n) is 6.03. The quantitative estimate of drug-likeness (QED) is 0.850. The van der Waals surface area contributed by atoms with Gasteiger partial charge in [-0.2, -0.15) is 0 Å². The summed E-state index contributed by atoms with van der Waals surface area (Å²) < 4.78 is 5.68. The molecule has 0 unspecified atom stereocenters. The van der Waals surface area contributed by atoms with Gasteiger partial charge in [-0.15, -0.1) is 0 Å². The van der Waals surface area contributed by atoms with E-state index in [1.807, 2.05) is 24.3 Å². The smallest absolute Gasteiger partial charge is 0.325 e. The second-order valence-corrected chi connectivity index (χ2v) is 6.03. The summed E-state index contributed by atoms with van der Waals surface area (Å²) in [5.74, 6) is 0.697. The SMILES string of the molecule is CCc1cccc(OCCN2C(=O)NC3(CCCC3)C2=O)c1. The Labute approximate surface area is 130 Å². The van der Waals surface area contributed by atoms with Crippen LogP contribution < -0.4 is 10.1 Å². The zero-order valence-electron chi connectivity index (χ0n) is 12.9. The van der Waals surface area contributed by atoms with Crippen LogP contribution in [-0.2, 0) is 11.2 Å². The number of benzene rings is 1. The van der Waals surface area contributed by atoms with E-state index in [1.165, 1.54) is 10.5 Å². The largest absolute Gasteiger partial charge is 0.492 e. The first-order chi connectivity index (χ1) is 10.6. The van der Waals surface area contributed by atoms with E-state index in [4.69, 9.17) is 4.74 Å². The Bertz CT molecular complexity index is 579. The van der Waals surface area contributed by atoms with Gasteiger partial charge in [-0.3, -0.25) is 9.69 Å². The van der Waals surface area contributed by atoms with Gasteiger partial charge in [0.05, 0.1) is 6.54 Å². The predicted octanol–water partition coefficient (Wildman–Crippen LogP) is 2.49. The third kappa shape index (κ3) is 2.67. The predicted molar refractivity (Wildman–Crippen MR) is 82.8 cm³/mol. The lowest BCUT2D eigenvalue weighted by Gasteiger charge is -2.20. The highest BCUT2D eigenvalue weighted by Crippen LogP contribution is 2.34. The van der Waals surface area contributed by atoms with Crippen LogP contribution in [0.4, 0.5) is 4.79 Å². The molecule has 2 fully saturated rings. The average molecular weight is 302 g/mol. The van der Waals surface area contributed by atoms with Gasteiger partial charge in [-0.25, -0.2) is 4.79 Å². The molecule has 1 aliphatic heterocycles. The first-order valence-corrected chi connectivity index (χ1v) is 8.00. The minimum atomic E-state index is -0.626. The maximum absolute atomic E-state index is 12.5. The lowest BCUT2D eigenvalue weighted by Crippen LogP contribution is -2.44. The number of rotatable bonds is 5. The molecule has 5 nitrogen and oxygen atoms in total. The summed E-state index contributed by atoms with van der Waals surface area (Å²) in [7, 11) is 0. The zero-order valence-corrected chi connectivity index (χ0v) is 12.9. The molecule has 3 rings (SSSR count). The number of nitrogens with one attached hydrogen (secondary N) is 1. The average Bonchev–Trinajstić information content (AvgIpc) is 3.08. The van der Waals surface area contributed by atoms with Crippen LogP contribution in [0.3, 0.4) is 0 Å². The van der Waals surface area contributed by atoms with Crippen molar-refractivity contribution in [3.05, 3.63) is 29.8 Å². The van der Waals surface area contributed by atoms with Crippen LogP contribution in [0.1, 0.15) is 38.2 Å². The number of amides is 3. The van der Waals surface area contributed by atoms with Crippen LogP contribution in [0.2, 0.25) is 0 Å². The molecule has 0 aromatic heterocycles. The van der Waals surface area contributed by atoms with Crippen molar-refractivity contribution in [2.45, 2.75) is 44.6 Å². The van der Waals surface area contributed by atoms with E-state index >= 15 is 0 Å². The van der Waals surface area contributed by atoms with Crippen molar-refractivity contribution in [1.29, 1.82) is 0 Å². The third-order valence-corrected chi connectivity index (χ3v) is 4.59. The van der Waals surface area contributed by atoms with Crippen LogP contribution in [0.25, 0.3) is 0 Å². The summed E-state index contributed by atoms with van der Waals surface area (Å²) in [5, 5.41) is 2.88. The molecular formula is C17H22N2O3. The highest BCUT2D eigenvalue weighted by atomic mass is 16.5. The molecule has 22 heavy (non-hydrogen) atoms. The van der Waals surface area contributed by atoms with Gasteiger partial charge in [0.15, 0.2) is 0 Å². The Hall–Kier alpha value is -2.04. The molecule has 1 aliphatic carbocycles. The molecule has 1 saturated carbocycles. The normalized spacial score (nSPS) is 19.8. The van der Waals surface area contributed by atoms with Crippen LogP contribution >= 0.6 is 0 Å². The van der Waals surface area contributed by atoms with Crippen molar-refractivity contribution in [3.63, 3.8) is 0 Å². The van der Waals surface area contributed by atoms with Gasteiger partial charge in [-0.05, 0) is 37.0 Å². The minimum absolute atomic E-state index is 0.0825. The Balaban J connectivity index is 1.57. The summed E-state index contributed by atoms with van der Waals surface area (Å²) in [6.07, 6.45) is 4.47. The molecule has 0 atom stereocenters. The fourth-order valence-electron chi connectivity index (χ4n) is 3.31. The molecule has 2 aliphatic rings. The molecule has 3 amide bonds. The molecule has 1 saturated heterocycles. The van der Waals surface area contributed by atoms with Crippen molar-refractivity contribution >= 4 is 11.9 Å². The first-order valence-electron chi connectivity index (χ1n) is 8.00. The van der Waals surface area contributed by atoms with Crippen LogP contribution in [0, 0.1) is 0 Å². The highest BCUT2D eigenvalue weighted by Gasteiger charge is 2.52. The van der Waals surface area contributed by atoms with Gasteiger partial charge in [0.1, 0.15) is 17.9 Å². The summed E-state index contributed by atoms with van der Waals surface area (Å²) in [5.41, 5.74) is 0.580.